The second kappa shape index (κ2) is 9.54. The molecule has 4 rings (SSSR count). The first kappa shape index (κ1) is 20.1. The van der Waals surface area contributed by atoms with Crippen molar-refractivity contribution in [2.45, 2.75) is 6.61 Å². The van der Waals surface area contributed by atoms with Crippen LogP contribution in [-0.2, 0) is 6.61 Å². The smallest absolute Gasteiger partial charge is 0.291 e. The van der Waals surface area contributed by atoms with E-state index in [1.807, 2.05) is 78.9 Å². The highest BCUT2D eigenvalue weighted by molar-refractivity contribution is 6.02. The van der Waals surface area contributed by atoms with Gasteiger partial charge in [0.15, 0.2) is 17.3 Å². The number of hydrogen-bond donors (Lipinski definition) is 2. The van der Waals surface area contributed by atoms with Crippen LogP contribution in [0.4, 0.5) is 17.1 Å². The molecule has 0 fully saturated rings. The van der Waals surface area contributed by atoms with Crippen LogP contribution in [0.2, 0.25) is 0 Å². The molecule has 6 heteroatoms. The molecule has 1 amide bonds. The van der Waals surface area contributed by atoms with Crippen molar-refractivity contribution in [1.29, 1.82) is 0 Å². The van der Waals surface area contributed by atoms with Gasteiger partial charge < -0.3 is 24.5 Å². The molecule has 0 saturated heterocycles. The van der Waals surface area contributed by atoms with Gasteiger partial charge in [-0.1, -0.05) is 30.3 Å². The average molecular weight is 414 g/mol. The van der Waals surface area contributed by atoms with Crippen molar-refractivity contribution in [2.75, 3.05) is 17.7 Å². The number of carbonyl (C=O) groups excluding carboxylic acids is 1. The maximum Gasteiger partial charge on any atom is 0.291 e. The third kappa shape index (κ3) is 5.25. The topological polar surface area (TPSA) is 72.7 Å². The lowest BCUT2D eigenvalue weighted by Crippen LogP contribution is -2.10. The monoisotopic (exact) mass is 414 g/mol. The van der Waals surface area contributed by atoms with Gasteiger partial charge >= 0.3 is 0 Å². The Bertz CT molecular complexity index is 1140. The molecule has 0 aliphatic carbocycles. The molecule has 2 N–H and O–H groups in total. The van der Waals surface area contributed by atoms with Crippen molar-refractivity contribution in [3.8, 4) is 11.5 Å². The van der Waals surface area contributed by atoms with Crippen LogP contribution in [0.5, 0.6) is 11.5 Å². The summed E-state index contributed by atoms with van der Waals surface area (Å²) in [4.78, 5) is 12.5. The molecule has 1 heterocycles. The Morgan fingerprint density at radius 2 is 1.42 bits per heavy atom. The van der Waals surface area contributed by atoms with E-state index in [2.05, 4.69) is 10.6 Å². The largest absolute Gasteiger partial charge is 0.493 e. The van der Waals surface area contributed by atoms with Crippen LogP contribution in [0.15, 0.2) is 95.4 Å². The van der Waals surface area contributed by atoms with E-state index < -0.39 is 0 Å². The molecule has 31 heavy (non-hydrogen) atoms. The lowest BCUT2D eigenvalue weighted by atomic mass is 10.2. The Balaban J connectivity index is 1.33. The average Bonchev–Trinajstić information content (AvgIpc) is 3.29. The fourth-order valence-electron chi connectivity index (χ4n) is 2.98. The quantitative estimate of drug-likeness (QED) is 0.378. The number of hydrogen-bond acceptors (Lipinski definition) is 5. The second-order valence-electron chi connectivity index (χ2n) is 6.73. The summed E-state index contributed by atoms with van der Waals surface area (Å²) < 4.78 is 16.6. The molecule has 0 aliphatic heterocycles. The van der Waals surface area contributed by atoms with Crippen molar-refractivity contribution >= 4 is 23.0 Å². The van der Waals surface area contributed by atoms with Crippen LogP contribution in [0.3, 0.4) is 0 Å². The highest BCUT2D eigenvalue weighted by Gasteiger charge is 2.13. The molecule has 0 unspecified atom stereocenters. The maximum atomic E-state index is 12.5. The first-order chi connectivity index (χ1) is 15.2. The third-order valence-electron chi connectivity index (χ3n) is 4.53. The number of methoxy groups -OCH3 is 1. The second-order valence-corrected chi connectivity index (χ2v) is 6.73. The molecule has 4 aromatic rings. The Morgan fingerprint density at radius 3 is 2.16 bits per heavy atom. The summed E-state index contributed by atoms with van der Waals surface area (Å²) in [5.74, 6) is 1.67. The number of anilines is 3. The van der Waals surface area contributed by atoms with Gasteiger partial charge in [0.2, 0.25) is 0 Å². The fourth-order valence-corrected chi connectivity index (χ4v) is 2.98. The Morgan fingerprint density at radius 1 is 0.774 bits per heavy atom. The summed E-state index contributed by atoms with van der Waals surface area (Å²) >= 11 is 0. The van der Waals surface area contributed by atoms with Gasteiger partial charge in [-0.05, 0) is 60.7 Å². The molecule has 3 aromatic carbocycles. The van der Waals surface area contributed by atoms with Crippen LogP contribution in [0.25, 0.3) is 0 Å². The van der Waals surface area contributed by atoms with Gasteiger partial charge in [-0.25, -0.2) is 0 Å². The predicted octanol–water partition coefficient (Wildman–Crippen LogP) is 5.86. The summed E-state index contributed by atoms with van der Waals surface area (Å²) in [5.41, 5.74) is 2.60. The molecule has 0 aliphatic rings. The van der Waals surface area contributed by atoms with Crippen molar-refractivity contribution in [3.63, 3.8) is 0 Å². The van der Waals surface area contributed by atoms with E-state index in [1.165, 1.54) is 0 Å². The number of amides is 1. The zero-order chi connectivity index (χ0) is 21.5. The van der Waals surface area contributed by atoms with Gasteiger partial charge in [0, 0.05) is 17.1 Å². The number of furan rings is 1. The molecule has 156 valence electrons. The lowest BCUT2D eigenvalue weighted by Gasteiger charge is -2.09. The van der Waals surface area contributed by atoms with Crippen molar-refractivity contribution in [1.82, 2.24) is 0 Å². The van der Waals surface area contributed by atoms with E-state index >= 15 is 0 Å². The van der Waals surface area contributed by atoms with Crippen LogP contribution in [0, 0.1) is 0 Å². The highest BCUT2D eigenvalue weighted by Crippen LogP contribution is 2.27. The number of benzene rings is 3. The van der Waals surface area contributed by atoms with Gasteiger partial charge in [-0.15, -0.1) is 0 Å². The number of rotatable bonds is 8. The summed E-state index contributed by atoms with van der Waals surface area (Å²) in [6, 6.07) is 28.0. The van der Waals surface area contributed by atoms with Gasteiger partial charge in [-0.2, -0.15) is 0 Å². The normalized spacial score (nSPS) is 10.4. The van der Waals surface area contributed by atoms with Gasteiger partial charge in [0.05, 0.1) is 7.11 Å². The third-order valence-corrected chi connectivity index (χ3v) is 4.53. The maximum absolute atomic E-state index is 12.5. The summed E-state index contributed by atoms with van der Waals surface area (Å²) in [6.45, 7) is 0.188. The lowest BCUT2D eigenvalue weighted by molar-refractivity contribution is 0.0992. The first-order valence-electron chi connectivity index (χ1n) is 9.79. The standard InChI is InChI=1S/C25H22N2O4/c1-29-22-9-5-6-10-23(22)30-17-21-15-16-24(31-21)25(28)27-20-13-11-19(12-14-20)26-18-7-3-2-4-8-18/h2-16,26H,17H2,1H3,(H,27,28). The Kier molecular flexibility index (Phi) is 6.18. The van der Waals surface area contributed by atoms with Crippen LogP contribution >= 0.6 is 0 Å². The van der Waals surface area contributed by atoms with Crippen LogP contribution in [-0.4, -0.2) is 13.0 Å². The van der Waals surface area contributed by atoms with Crippen molar-refractivity contribution in [3.05, 3.63) is 103 Å². The van der Waals surface area contributed by atoms with E-state index in [0.29, 0.717) is 22.9 Å². The minimum atomic E-state index is -0.327. The van der Waals surface area contributed by atoms with Gasteiger partial charge in [-0.3, -0.25) is 4.79 Å². The van der Waals surface area contributed by atoms with Crippen LogP contribution < -0.4 is 20.1 Å². The van der Waals surface area contributed by atoms with E-state index in [9.17, 15) is 4.79 Å². The first-order valence-corrected chi connectivity index (χ1v) is 9.79. The molecular formula is C25H22N2O4. The molecule has 0 spiro atoms. The summed E-state index contributed by atoms with van der Waals surface area (Å²) in [5, 5.41) is 6.13. The molecule has 0 radical (unpaired) electrons. The van der Waals surface area contributed by atoms with E-state index in [-0.39, 0.29) is 18.3 Å². The molecular weight excluding hydrogens is 392 g/mol. The number of ether oxygens (including phenoxy) is 2. The van der Waals surface area contributed by atoms with Crippen molar-refractivity contribution in [2.24, 2.45) is 0 Å². The van der Waals surface area contributed by atoms with E-state index in [4.69, 9.17) is 13.9 Å². The number of para-hydroxylation sites is 3. The van der Waals surface area contributed by atoms with E-state index in [0.717, 1.165) is 11.4 Å². The van der Waals surface area contributed by atoms with Gasteiger partial charge in [0.25, 0.3) is 5.91 Å². The van der Waals surface area contributed by atoms with Gasteiger partial charge in [0.1, 0.15) is 12.4 Å². The summed E-state index contributed by atoms with van der Waals surface area (Å²) in [6.07, 6.45) is 0. The zero-order valence-corrected chi connectivity index (χ0v) is 17.0. The minimum absolute atomic E-state index is 0.188. The molecule has 1 aromatic heterocycles. The molecule has 0 atom stereocenters. The predicted molar refractivity (Wildman–Crippen MR) is 120 cm³/mol. The number of nitrogens with one attached hydrogen (secondary N) is 2. The minimum Gasteiger partial charge on any atom is -0.493 e. The van der Waals surface area contributed by atoms with Crippen molar-refractivity contribution < 1.29 is 18.7 Å². The van der Waals surface area contributed by atoms with Crippen LogP contribution in [0.1, 0.15) is 16.3 Å². The number of carbonyl (C=O) groups is 1. The Hall–Kier alpha value is -4.19. The fraction of sp³-hybridized carbons (Fsp3) is 0.0800. The van der Waals surface area contributed by atoms with E-state index in [1.54, 1.807) is 19.2 Å². The Labute approximate surface area is 180 Å². The molecule has 0 bridgehead atoms. The molecule has 0 saturated carbocycles. The molecule has 6 nitrogen and oxygen atoms in total. The SMILES string of the molecule is COc1ccccc1OCc1ccc(C(=O)Nc2ccc(Nc3ccccc3)cc2)o1. The zero-order valence-electron chi connectivity index (χ0n) is 17.0. The highest BCUT2D eigenvalue weighted by atomic mass is 16.5. The summed E-state index contributed by atoms with van der Waals surface area (Å²) in [7, 11) is 1.59.